The second-order valence-electron chi connectivity index (χ2n) is 6.48. The highest BCUT2D eigenvalue weighted by Gasteiger charge is 2.17. The van der Waals surface area contributed by atoms with Crippen LogP contribution in [0.15, 0.2) is 36.4 Å². The molecule has 0 spiro atoms. The fourth-order valence-electron chi connectivity index (χ4n) is 2.78. The van der Waals surface area contributed by atoms with E-state index in [-0.39, 0.29) is 23.7 Å². The molecule has 0 radical (unpaired) electrons. The third-order valence-electron chi connectivity index (χ3n) is 3.94. The average molecular weight is 419 g/mol. The van der Waals surface area contributed by atoms with Crippen molar-refractivity contribution in [1.82, 2.24) is 5.32 Å². The van der Waals surface area contributed by atoms with E-state index < -0.39 is 15.9 Å². The van der Waals surface area contributed by atoms with Gasteiger partial charge in [-0.3, -0.25) is 14.3 Å². The molecule has 1 aliphatic heterocycles. The van der Waals surface area contributed by atoms with Gasteiger partial charge in [-0.1, -0.05) is 6.07 Å². The molecule has 2 aromatic carbocycles. The van der Waals surface area contributed by atoms with Crippen LogP contribution >= 0.6 is 0 Å². The monoisotopic (exact) mass is 419 g/mol. The first kappa shape index (κ1) is 20.5. The topological polar surface area (TPSA) is 123 Å². The first-order valence-electron chi connectivity index (χ1n) is 8.77. The summed E-state index contributed by atoms with van der Waals surface area (Å²) in [5.74, 6) is 0.443. The van der Waals surface area contributed by atoms with Crippen LogP contribution in [-0.4, -0.2) is 39.7 Å². The highest BCUT2D eigenvalue weighted by atomic mass is 32.2. The molecule has 0 atom stereocenters. The van der Waals surface area contributed by atoms with Crippen molar-refractivity contribution in [3.63, 3.8) is 0 Å². The van der Waals surface area contributed by atoms with Crippen LogP contribution in [0.3, 0.4) is 0 Å². The number of ether oxygens (including phenoxy) is 2. The van der Waals surface area contributed by atoms with Gasteiger partial charge in [0.15, 0.2) is 11.5 Å². The van der Waals surface area contributed by atoms with Gasteiger partial charge in [-0.15, -0.1) is 0 Å². The number of carbonyl (C=O) groups excluding carboxylic acids is 2. The molecule has 10 heteroatoms. The van der Waals surface area contributed by atoms with Crippen LogP contribution in [0.5, 0.6) is 11.5 Å². The van der Waals surface area contributed by atoms with E-state index in [2.05, 4.69) is 15.4 Å². The Bertz CT molecular complexity index is 1050. The molecule has 154 valence electrons. The van der Waals surface area contributed by atoms with Crippen LogP contribution in [0.4, 0.5) is 11.4 Å². The SMILES string of the molecule is CC(=O)Nc1ccc(NS(C)(=O)=O)c(C(=O)NCc2ccc3c(c2)OCCO3)c1. The van der Waals surface area contributed by atoms with E-state index in [9.17, 15) is 18.0 Å². The lowest BCUT2D eigenvalue weighted by Crippen LogP contribution is -2.25. The Labute approximate surface area is 168 Å². The van der Waals surface area contributed by atoms with Crippen LogP contribution in [0.1, 0.15) is 22.8 Å². The summed E-state index contributed by atoms with van der Waals surface area (Å²) in [7, 11) is -3.59. The van der Waals surface area contributed by atoms with E-state index >= 15 is 0 Å². The smallest absolute Gasteiger partial charge is 0.253 e. The number of anilines is 2. The summed E-state index contributed by atoms with van der Waals surface area (Å²) in [5.41, 5.74) is 1.36. The van der Waals surface area contributed by atoms with Crippen LogP contribution in [-0.2, 0) is 21.4 Å². The van der Waals surface area contributed by atoms with E-state index in [1.165, 1.54) is 25.1 Å². The molecule has 2 amide bonds. The van der Waals surface area contributed by atoms with E-state index in [0.717, 1.165) is 11.8 Å². The Morgan fingerprint density at radius 2 is 1.76 bits per heavy atom. The Morgan fingerprint density at radius 3 is 2.45 bits per heavy atom. The Morgan fingerprint density at radius 1 is 1.03 bits per heavy atom. The standard InChI is InChI=1S/C19H21N3O6S/c1-12(23)21-14-4-5-16(22-29(2,25)26)15(10-14)19(24)20-11-13-3-6-17-18(9-13)28-8-7-27-17/h3-6,9-10,22H,7-8,11H2,1-2H3,(H,20,24)(H,21,23). The maximum atomic E-state index is 12.7. The molecule has 1 heterocycles. The Hall–Kier alpha value is -3.27. The predicted molar refractivity (Wildman–Crippen MR) is 108 cm³/mol. The molecule has 0 unspecified atom stereocenters. The number of carbonyl (C=O) groups is 2. The molecule has 0 aromatic heterocycles. The van der Waals surface area contributed by atoms with Crippen molar-refractivity contribution < 1.29 is 27.5 Å². The molecular weight excluding hydrogens is 398 g/mol. The Kier molecular flexibility index (Phi) is 5.92. The van der Waals surface area contributed by atoms with Gasteiger partial charge in [0, 0.05) is 19.2 Å². The van der Waals surface area contributed by atoms with Crippen molar-refractivity contribution in [1.29, 1.82) is 0 Å². The number of nitrogens with one attached hydrogen (secondary N) is 3. The average Bonchev–Trinajstić information content (AvgIpc) is 2.65. The van der Waals surface area contributed by atoms with E-state index in [1.54, 1.807) is 18.2 Å². The lowest BCUT2D eigenvalue weighted by atomic mass is 10.1. The maximum Gasteiger partial charge on any atom is 0.253 e. The molecule has 2 aromatic rings. The molecule has 29 heavy (non-hydrogen) atoms. The second kappa shape index (κ2) is 8.39. The van der Waals surface area contributed by atoms with Crippen LogP contribution in [0.2, 0.25) is 0 Å². The first-order valence-corrected chi connectivity index (χ1v) is 10.7. The lowest BCUT2D eigenvalue weighted by Gasteiger charge is -2.19. The summed E-state index contributed by atoms with van der Waals surface area (Å²) in [6.45, 7) is 2.48. The highest BCUT2D eigenvalue weighted by molar-refractivity contribution is 7.92. The normalized spacial score (nSPS) is 12.8. The van der Waals surface area contributed by atoms with Gasteiger partial charge in [-0.25, -0.2) is 8.42 Å². The number of hydrogen-bond donors (Lipinski definition) is 3. The minimum absolute atomic E-state index is 0.0826. The first-order chi connectivity index (χ1) is 13.7. The molecule has 0 bridgehead atoms. The van der Waals surface area contributed by atoms with E-state index in [4.69, 9.17) is 9.47 Å². The summed E-state index contributed by atoms with van der Waals surface area (Å²) in [5, 5.41) is 5.32. The largest absolute Gasteiger partial charge is 0.486 e. The third-order valence-corrected chi connectivity index (χ3v) is 4.53. The zero-order valence-corrected chi connectivity index (χ0v) is 16.8. The minimum Gasteiger partial charge on any atom is -0.486 e. The molecule has 9 nitrogen and oxygen atoms in total. The summed E-state index contributed by atoms with van der Waals surface area (Å²) in [6, 6.07) is 9.69. The summed E-state index contributed by atoms with van der Waals surface area (Å²) in [4.78, 5) is 24.0. The number of benzene rings is 2. The number of hydrogen-bond acceptors (Lipinski definition) is 6. The number of rotatable bonds is 6. The van der Waals surface area contributed by atoms with Crippen molar-refractivity contribution in [2.75, 3.05) is 29.5 Å². The molecule has 3 rings (SSSR count). The number of fused-ring (bicyclic) bond motifs is 1. The van der Waals surface area contributed by atoms with Crippen molar-refractivity contribution in [3.05, 3.63) is 47.5 Å². The minimum atomic E-state index is -3.59. The molecule has 0 fully saturated rings. The van der Waals surface area contributed by atoms with Crippen molar-refractivity contribution in [2.24, 2.45) is 0 Å². The molecular formula is C19H21N3O6S. The van der Waals surface area contributed by atoms with Gasteiger partial charge in [-0.2, -0.15) is 0 Å². The van der Waals surface area contributed by atoms with Gasteiger partial charge in [-0.05, 0) is 35.9 Å². The number of sulfonamides is 1. The van der Waals surface area contributed by atoms with Crippen molar-refractivity contribution in [3.8, 4) is 11.5 Å². The maximum absolute atomic E-state index is 12.7. The molecule has 3 N–H and O–H groups in total. The molecule has 0 saturated carbocycles. The summed E-state index contributed by atoms with van der Waals surface area (Å²) >= 11 is 0. The van der Waals surface area contributed by atoms with Crippen molar-refractivity contribution >= 4 is 33.2 Å². The van der Waals surface area contributed by atoms with Gasteiger partial charge in [0.1, 0.15) is 13.2 Å². The van der Waals surface area contributed by atoms with Crippen LogP contribution in [0, 0.1) is 0 Å². The predicted octanol–water partition coefficient (Wildman–Crippen LogP) is 1.72. The van der Waals surface area contributed by atoms with Crippen molar-refractivity contribution in [2.45, 2.75) is 13.5 Å². The second-order valence-corrected chi connectivity index (χ2v) is 8.22. The van der Waals surface area contributed by atoms with E-state index in [1.807, 2.05) is 0 Å². The molecule has 0 aliphatic carbocycles. The van der Waals surface area contributed by atoms with Crippen LogP contribution < -0.4 is 24.8 Å². The van der Waals surface area contributed by atoms with Gasteiger partial charge < -0.3 is 20.1 Å². The fourth-order valence-corrected chi connectivity index (χ4v) is 3.35. The molecule has 0 saturated heterocycles. The third kappa shape index (κ3) is 5.61. The highest BCUT2D eigenvalue weighted by Crippen LogP contribution is 2.30. The van der Waals surface area contributed by atoms with Crippen LogP contribution in [0.25, 0.3) is 0 Å². The van der Waals surface area contributed by atoms with Gasteiger partial charge in [0.25, 0.3) is 5.91 Å². The fraction of sp³-hybridized carbons (Fsp3) is 0.263. The lowest BCUT2D eigenvalue weighted by molar-refractivity contribution is -0.114. The quantitative estimate of drug-likeness (QED) is 0.655. The van der Waals surface area contributed by atoms with Gasteiger partial charge in [0.05, 0.1) is 17.5 Å². The van der Waals surface area contributed by atoms with Gasteiger partial charge >= 0.3 is 0 Å². The summed E-state index contributed by atoms with van der Waals surface area (Å²) in [6.07, 6.45) is 0.992. The zero-order valence-electron chi connectivity index (χ0n) is 15.9. The number of amides is 2. The Balaban J connectivity index is 1.79. The van der Waals surface area contributed by atoms with E-state index in [0.29, 0.717) is 30.4 Å². The zero-order chi connectivity index (χ0) is 21.0. The molecule has 1 aliphatic rings. The van der Waals surface area contributed by atoms with Gasteiger partial charge in [0.2, 0.25) is 15.9 Å². The summed E-state index contributed by atoms with van der Waals surface area (Å²) < 4.78 is 36.5.